The Kier molecular flexibility index (Phi) is 5.37. The Labute approximate surface area is 171 Å². The Morgan fingerprint density at radius 3 is 2.73 bits per heavy atom. The zero-order valence-electron chi connectivity index (χ0n) is 16.1. The van der Waals surface area contributed by atoms with E-state index in [1.165, 1.54) is 24.3 Å². The number of amides is 1. The predicted octanol–water partition coefficient (Wildman–Crippen LogP) is 1.67. The summed E-state index contributed by atoms with van der Waals surface area (Å²) in [6.07, 6.45) is 0.886. The van der Waals surface area contributed by atoms with Gasteiger partial charge < -0.3 is 14.6 Å². The minimum absolute atomic E-state index is 0.0624. The molecular weight excluding hydrogens is 415 g/mol. The second-order valence-electron chi connectivity index (χ2n) is 6.97. The van der Waals surface area contributed by atoms with Gasteiger partial charge in [-0.25, -0.2) is 12.8 Å². The Morgan fingerprint density at radius 2 is 2.07 bits per heavy atom. The van der Waals surface area contributed by atoms with Crippen LogP contribution in [0, 0.1) is 5.82 Å². The number of ether oxygens (including phenoxy) is 1. The van der Waals surface area contributed by atoms with E-state index in [1.54, 1.807) is 0 Å². The molecular formula is C19H19FN4O5S. The first-order valence-corrected chi connectivity index (χ1v) is 11.2. The topological polar surface area (TPSA) is 124 Å². The first-order chi connectivity index (χ1) is 14.3. The van der Waals surface area contributed by atoms with Crippen LogP contribution in [0.1, 0.15) is 19.2 Å². The molecule has 0 spiro atoms. The third kappa shape index (κ3) is 4.25. The zero-order chi connectivity index (χ0) is 21.3. The molecule has 1 aliphatic rings. The lowest BCUT2D eigenvalue weighted by Crippen LogP contribution is -2.38. The maximum atomic E-state index is 13.3. The van der Waals surface area contributed by atoms with Crippen molar-refractivity contribution in [1.29, 1.82) is 0 Å². The van der Waals surface area contributed by atoms with Crippen molar-refractivity contribution >= 4 is 26.8 Å². The molecule has 0 aliphatic carbocycles. The van der Waals surface area contributed by atoms with Crippen molar-refractivity contribution in [2.75, 3.05) is 18.1 Å². The highest BCUT2D eigenvalue weighted by atomic mass is 32.2. The molecule has 11 heteroatoms. The van der Waals surface area contributed by atoms with E-state index >= 15 is 0 Å². The van der Waals surface area contributed by atoms with Crippen LogP contribution < -0.4 is 10.1 Å². The van der Waals surface area contributed by atoms with Gasteiger partial charge in [0.05, 0.1) is 11.5 Å². The summed E-state index contributed by atoms with van der Waals surface area (Å²) in [7, 11) is -3.10. The van der Waals surface area contributed by atoms with E-state index in [0.29, 0.717) is 35.3 Å². The molecule has 0 radical (unpaired) electrons. The number of sulfone groups is 1. The zero-order valence-corrected chi connectivity index (χ0v) is 16.9. The second kappa shape index (κ2) is 7.98. The van der Waals surface area contributed by atoms with Gasteiger partial charge in [-0.3, -0.25) is 4.79 Å². The number of carbonyl (C=O) groups excluding carboxylic acids is 1. The average molecular weight is 434 g/mol. The van der Waals surface area contributed by atoms with Crippen molar-refractivity contribution < 1.29 is 26.9 Å². The number of benzene rings is 1. The minimum Gasteiger partial charge on any atom is -0.467 e. The first-order valence-electron chi connectivity index (χ1n) is 9.39. The van der Waals surface area contributed by atoms with Crippen molar-refractivity contribution in [1.82, 2.24) is 20.4 Å². The summed E-state index contributed by atoms with van der Waals surface area (Å²) in [6, 6.07) is 5.24. The smallest absolute Gasteiger partial charge is 0.265 e. The number of fused-ring (bicyclic) bond motifs is 1. The molecule has 1 saturated heterocycles. The number of rotatable bonds is 6. The third-order valence-electron chi connectivity index (χ3n) is 4.72. The molecule has 1 fully saturated rings. The van der Waals surface area contributed by atoms with Gasteiger partial charge in [-0.2, -0.15) is 9.97 Å². The van der Waals surface area contributed by atoms with Crippen LogP contribution in [0.25, 0.3) is 22.4 Å². The van der Waals surface area contributed by atoms with Gasteiger partial charge >= 0.3 is 0 Å². The fraction of sp³-hybridized carbons (Fsp3) is 0.368. The van der Waals surface area contributed by atoms with E-state index in [-0.39, 0.29) is 29.7 Å². The summed E-state index contributed by atoms with van der Waals surface area (Å²) >= 11 is 0. The fourth-order valence-corrected chi connectivity index (χ4v) is 4.92. The largest absolute Gasteiger partial charge is 0.467 e. The van der Waals surface area contributed by atoms with Crippen LogP contribution in [0.2, 0.25) is 0 Å². The summed E-state index contributed by atoms with van der Waals surface area (Å²) in [5.74, 6) is -0.294. The maximum Gasteiger partial charge on any atom is 0.265 e. The number of nitrogens with zero attached hydrogens (tertiary/aromatic N) is 3. The third-order valence-corrected chi connectivity index (χ3v) is 6.49. The highest BCUT2D eigenvalue weighted by Gasteiger charge is 2.29. The minimum atomic E-state index is -3.10. The second-order valence-corrected chi connectivity index (χ2v) is 9.20. The summed E-state index contributed by atoms with van der Waals surface area (Å²) in [6.45, 7) is 1.50. The maximum absolute atomic E-state index is 13.3. The molecule has 0 saturated carbocycles. The van der Waals surface area contributed by atoms with Crippen LogP contribution in [-0.4, -0.2) is 53.6 Å². The van der Waals surface area contributed by atoms with E-state index in [1.807, 2.05) is 6.92 Å². The van der Waals surface area contributed by atoms with Gasteiger partial charge in [0.2, 0.25) is 5.88 Å². The van der Waals surface area contributed by atoms with E-state index in [9.17, 15) is 17.6 Å². The normalized spacial score (nSPS) is 17.9. The summed E-state index contributed by atoms with van der Waals surface area (Å²) in [5.41, 5.74) is 1.14. The molecule has 158 valence electrons. The molecule has 3 aromatic rings. The quantitative estimate of drug-likeness (QED) is 0.621. The number of hydrogen-bond acceptors (Lipinski definition) is 8. The molecule has 9 nitrogen and oxygen atoms in total. The van der Waals surface area contributed by atoms with Gasteiger partial charge in [0.15, 0.2) is 16.4 Å². The Bertz CT molecular complexity index is 1190. The molecule has 2 aromatic heterocycles. The van der Waals surface area contributed by atoms with Crippen molar-refractivity contribution in [2.45, 2.75) is 25.8 Å². The highest BCUT2D eigenvalue weighted by Crippen LogP contribution is 2.33. The number of halogens is 1. The van der Waals surface area contributed by atoms with Crippen LogP contribution in [0.4, 0.5) is 4.39 Å². The highest BCUT2D eigenvalue weighted by molar-refractivity contribution is 7.91. The number of hydrogen-bond donors (Lipinski definition) is 1. The van der Waals surface area contributed by atoms with E-state index in [2.05, 4.69) is 20.4 Å². The summed E-state index contributed by atoms with van der Waals surface area (Å²) in [5, 5.41) is 7.04. The van der Waals surface area contributed by atoms with Gasteiger partial charge in [-0.15, -0.1) is 0 Å². The molecule has 1 atom stereocenters. The van der Waals surface area contributed by atoms with Crippen LogP contribution in [0.3, 0.4) is 0 Å². The van der Waals surface area contributed by atoms with Crippen LogP contribution >= 0.6 is 0 Å². The lowest BCUT2D eigenvalue weighted by molar-refractivity contribution is -0.123. The molecule has 0 bridgehead atoms. The van der Waals surface area contributed by atoms with Gasteiger partial charge in [-0.1, -0.05) is 12.1 Å². The van der Waals surface area contributed by atoms with Crippen LogP contribution in [0.5, 0.6) is 5.88 Å². The van der Waals surface area contributed by atoms with Crippen molar-refractivity contribution in [2.24, 2.45) is 0 Å². The Morgan fingerprint density at radius 1 is 1.30 bits per heavy atom. The fourth-order valence-electron chi connectivity index (χ4n) is 3.25. The van der Waals surface area contributed by atoms with Crippen molar-refractivity contribution in [3.63, 3.8) is 0 Å². The van der Waals surface area contributed by atoms with E-state index < -0.39 is 27.6 Å². The summed E-state index contributed by atoms with van der Waals surface area (Å²) in [4.78, 5) is 20.9. The number of aryl methyl sites for hydroxylation is 1. The molecule has 1 aliphatic heterocycles. The molecule has 1 N–H and O–H groups in total. The van der Waals surface area contributed by atoms with Gasteiger partial charge in [0.1, 0.15) is 22.7 Å². The van der Waals surface area contributed by atoms with E-state index in [4.69, 9.17) is 9.26 Å². The monoisotopic (exact) mass is 434 g/mol. The van der Waals surface area contributed by atoms with Crippen LogP contribution in [0.15, 0.2) is 28.8 Å². The Balaban J connectivity index is 1.58. The molecule has 4 rings (SSSR count). The number of carbonyl (C=O) groups is 1. The summed E-state index contributed by atoms with van der Waals surface area (Å²) < 4.78 is 47.3. The molecule has 1 unspecified atom stereocenters. The standard InChI is InChI=1S/C19H19FN4O5S/c1-2-14-22-18(28-9-15(25)21-13-7-8-30(26,27)10-13)16-17(24-29-19(16)23-14)11-3-5-12(20)6-4-11/h3-6,13H,2,7-10H2,1H3,(H,21,25). The van der Waals surface area contributed by atoms with E-state index in [0.717, 1.165) is 0 Å². The molecule has 30 heavy (non-hydrogen) atoms. The van der Waals surface area contributed by atoms with Gasteiger partial charge in [0, 0.05) is 18.0 Å². The van der Waals surface area contributed by atoms with Crippen molar-refractivity contribution in [3.8, 4) is 17.1 Å². The SMILES string of the molecule is CCc1nc(OCC(=O)NC2CCS(=O)(=O)C2)c2c(-c3ccc(F)cc3)noc2n1. The first kappa shape index (κ1) is 20.2. The predicted molar refractivity (Wildman–Crippen MR) is 105 cm³/mol. The molecule has 1 amide bonds. The number of aromatic nitrogens is 3. The molecule has 1 aromatic carbocycles. The van der Waals surface area contributed by atoms with Crippen LogP contribution in [-0.2, 0) is 21.1 Å². The molecule has 3 heterocycles. The van der Waals surface area contributed by atoms with Crippen molar-refractivity contribution in [3.05, 3.63) is 35.9 Å². The lowest BCUT2D eigenvalue weighted by atomic mass is 10.1. The van der Waals surface area contributed by atoms with Gasteiger partial charge in [-0.05, 0) is 30.7 Å². The lowest BCUT2D eigenvalue weighted by Gasteiger charge is -2.12. The Hall–Kier alpha value is -3.08. The number of nitrogens with one attached hydrogen (secondary N) is 1. The average Bonchev–Trinajstić information content (AvgIpc) is 3.29. The van der Waals surface area contributed by atoms with Gasteiger partial charge in [0.25, 0.3) is 11.6 Å².